The molecule has 0 aliphatic rings. The molecule has 0 aromatic carbocycles. The van der Waals surface area contributed by atoms with Crippen molar-refractivity contribution in [3.8, 4) is 5.88 Å². The molecule has 2 aromatic heterocycles. The average molecular weight is 263 g/mol. The predicted octanol–water partition coefficient (Wildman–Crippen LogP) is 1.79. The molecule has 0 amide bonds. The number of rotatable bonds is 4. The summed E-state index contributed by atoms with van der Waals surface area (Å²) < 4.78 is 11.8. The first kappa shape index (κ1) is 13.3. The van der Waals surface area contributed by atoms with Crippen molar-refractivity contribution < 1.29 is 14.3 Å². The lowest BCUT2D eigenvalue weighted by Gasteiger charge is -2.04. The molecule has 2 rings (SSSR count). The molecule has 0 saturated heterocycles. The van der Waals surface area contributed by atoms with Crippen LogP contribution in [0.25, 0.3) is 5.65 Å². The van der Waals surface area contributed by atoms with Gasteiger partial charge in [0, 0.05) is 17.3 Å². The summed E-state index contributed by atoms with van der Waals surface area (Å²) in [6, 6.07) is 1.77. The third-order valence-electron chi connectivity index (χ3n) is 2.81. The Morgan fingerprint density at radius 1 is 1.42 bits per heavy atom. The van der Waals surface area contributed by atoms with E-state index in [9.17, 15) is 4.79 Å². The molecule has 2 aromatic rings. The Morgan fingerprint density at radius 3 is 2.74 bits per heavy atom. The van der Waals surface area contributed by atoms with Crippen molar-refractivity contribution in [1.82, 2.24) is 14.6 Å². The van der Waals surface area contributed by atoms with Crippen molar-refractivity contribution in [2.24, 2.45) is 0 Å². The maximum absolute atomic E-state index is 11.9. The number of aryl methyl sites for hydroxylation is 2. The van der Waals surface area contributed by atoms with Crippen molar-refractivity contribution in [3.63, 3.8) is 0 Å². The second-order valence-electron chi connectivity index (χ2n) is 4.08. The monoisotopic (exact) mass is 263 g/mol. The molecule has 0 radical (unpaired) electrons. The quantitative estimate of drug-likeness (QED) is 0.787. The van der Waals surface area contributed by atoms with Gasteiger partial charge in [0.05, 0.1) is 13.7 Å². The molecule has 0 atom stereocenters. The van der Waals surface area contributed by atoms with Gasteiger partial charge in [-0.3, -0.25) is 0 Å². The lowest BCUT2D eigenvalue weighted by atomic mass is 10.2. The Bertz CT molecular complexity index is 619. The van der Waals surface area contributed by atoms with Crippen LogP contribution in [0.15, 0.2) is 6.07 Å². The minimum Gasteiger partial charge on any atom is -0.481 e. The number of carbonyl (C=O) groups excluding carboxylic acids is 1. The fourth-order valence-corrected chi connectivity index (χ4v) is 1.98. The standard InChI is InChI=1S/C13H17N3O3/c1-5-9-11(13(17)19-6-2)15-16-10(18-4)7-8(3)14-12(9)16/h7H,5-6H2,1-4H3. The molecule has 6 nitrogen and oxygen atoms in total. The number of fused-ring (bicyclic) bond motifs is 1. The van der Waals surface area contributed by atoms with Gasteiger partial charge in [-0.05, 0) is 20.3 Å². The van der Waals surface area contributed by atoms with Crippen LogP contribution in [0.4, 0.5) is 0 Å². The third kappa shape index (κ3) is 2.25. The van der Waals surface area contributed by atoms with Gasteiger partial charge in [-0.25, -0.2) is 9.78 Å². The summed E-state index contributed by atoms with van der Waals surface area (Å²) in [5.74, 6) is 0.123. The van der Waals surface area contributed by atoms with Gasteiger partial charge in [0.1, 0.15) is 0 Å². The van der Waals surface area contributed by atoms with Crippen molar-refractivity contribution in [3.05, 3.63) is 23.0 Å². The molecule has 6 heteroatoms. The number of aromatic nitrogens is 3. The van der Waals surface area contributed by atoms with E-state index in [1.807, 2.05) is 13.8 Å². The zero-order valence-electron chi connectivity index (χ0n) is 11.6. The molecule has 0 bridgehead atoms. The number of nitrogens with zero attached hydrogens (tertiary/aromatic N) is 3. The maximum Gasteiger partial charge on any atom is 0.359 e. The number of esters is 1. The van der Waals surface area contributed by atoms with Crippen LogP contribution in [0.1, 0.15) is 35.6 Å². The van der Waals surface area contributed by atoms with E-state index in [1.54, 1.807) is 20.1 Å². The highest BCUT2D eigenvalue weighted by Crippen LogP contribution is 2.21. The Hall–Kier alpha value is -2.11. The SMILES string of the molecule is CCOC(=O)c1nn2c(OC)cc(C)nc2c1CC. The Labute approximate surface area is 111 Å². The van der Waals surface area contributed by atoms with E-state index in [2.05, 4.69) is 10.1 Å². The first-order chi connectivity index (χ1) is 9.12. The van der Waals surface area contributed by atoms with Crippen molar-refractivity contribution >= 4 is 11.6 Å². The van der Waals surface area contributed by atoms with Gasteiger partial charge in [-0.2, -0.15) is 9.61 Å². The van der Waals surface area contributed by atoms with Gasteiger partial charge in [-0.1, -0.05) is 6.92 Å². The summed E-state index contributed by atoms with van der Waals surface area (Å²) in [5.41, 5.74) is 2.54. The van der Waals surface area contributed by atoms with Crippen LogP contribution in [0.5, 0.6) is 5.88 Å². The Balaban J connectivity index is 2.70. The number of hydrogen-bond donors (Lipinski definition) is 0. The van der Waals surface area contributed by atoms with E-state index in [4.69, 9.17) is 9.47 Å². The van der Waals surface area contributed by atoms with Gasteiger partial charge in [-0.15, -0.1) is 0 Å². The normalized spacial score (nSPS) is 10.7. The summed E-state index contributed by atoms with van der Waals surface area (Å²) in [6.45, 7) is 5.91. The molecule has 0 spiro atoms. The maximum atomic E-state index is 11.9. The van der Waals surface area contributed by atoms with Crippen LogP contribution in [0, 0.1) is 6.92 Å². The molecular formula is C13H17N3O3. The molecule has 19 heavy (non-hydrogen) atoms. The number of hydrogen-bond acceptors (Lipinski definition) is 5. The summed E-state index contributed by atoms with van der Waals surface area (Å²) in [5, 5.41) is 4.27. The van der Waals surface area contributed by atoms with E-state index in [1.165, 1.54) is 4.52 Å². The molecule has 102 valence electrons. The predicted molar refractivity (Wildman–Crippen MR) is 69.6 cm³/mol. The van der Waals surface area contributed by atoms with Crippen LogP contribution < -0.4 is 4.74 Å². The number of carbonyl (C=O) groups is 1. The van der Waals surface area contributed by atoms with E-state index < -0.39 is 5.97 Å². The van der Waals surface area contributed by atoms with Gasteiger partial charge in [0.2, 0.25) is 5.88 Å². The van der Waals surface area contributed by atoms with Crippen LogP contribution >= 0.6 is 0 Å². The molecular weight excluding hydrogens is 246 g/mol. The van der Waals surface area contributed by atoms with E-state index in [0.29, 0.717) is 30.2 Å². The van der Waals surface area contributed by atoms with Crippen LogP contribution in [-0.4, -0.2) is 34.3 Å². The molecule has 0 unspecified atom stereocenters. The summed E-state index contributed by atoms with van der Waals surface area (Å²) in [7, 11) is 1.56. The largest absolute Gasteiger partial charge is 0.481 e. The molecule has 0 N–H and O–H groups in total. The Kier molecular flexibility index (Phi) is 3.69. The zero-order chi connectivity index (χ0) is 14.0. The first-order valence-electron chi connectivity index (χ1n) is 6.22. The van der Waals surface area contributed by atoms with E-state index in [-0.39, 0.29) is 0 Å². The van der Waals surface area contributed by atoms with Crippen LogP contribution in [0.3, 0.4) is 0 Å². The fourth-order valence-electron chi connectivity index (χ4n) is 1.98. The van der Waals surface area contributed by atoms with E-state index in [0.717, 1.165) is 11.3 Å². The van der Waals surface area contributed by atoms with Gasteiger partial charge in [0.15, 0.2) is 11.3 Å². The molecule has 0 fully saturated rings. The number of methoxy groups -OCH3 is 1. The first-order valence-corrected chi connectivity index (χ1v) is 6.22. The summed E-state index contributed by atoms with van der Waals surface area (Å²) in [4.78, 5) is 16.3. The van der Waals surface area contributed by atoms with Gasteiger partial charge in [0.25, 0.3) is 0 Å². The van der Waals surface area contributed by atoms with Crippen LogP contribution in [-0.2, 0) is 11.2 Å². The average Bonchev–Trinajstić information content (AvgIpc) is 2.76. The van der Waals surface area contributed by atoms with Crippen LogP contribution in [0.2, 0.25) is 0 Å². The summed E-state index contributed by atoms with van der Waals surface area (Å²) in [6.07, 6.45) is 0.650. The lowest BCUT2D eigenvalue weighted by molar-refractivity contribution is 0.0518. The highest BCUT2D eigenvalue weighted by atomic mass is 16.5. The smallest absolute Gasteiger partial charge is 0.359 e. The highest BCUT2D eigenvalue weighted by Gasteiger charge is 2.22. The minimum atomic E-state index is -0.426. The highest BCUT2D eigenvalue weighted by molar-refractivity contribution is 5.91. The molecule has 2 heterocycles. The minimum absolute atomic E-state index is 0.306. The topological polar surface area (TPSA) is 65.7 Å². The van der Waals surface area contributed by atoms with E-state index >= 15 is 0 Å². The van der Waals surface area contributed by atoms with Gasteiger partial charge >= 0.3 is 5.97 Å². The second kappa shape index (κ2) is 5.26. The third-order valence-corrected chi connectivity index (χ3v) is 2.81. The molecule has 0 saturated carbocycles. The Morgan fingerprint density at radius 2 is 2.16 bits per heavy atom. The number of ether oxygens (including phenoxy) is 2. The molecule has 0 aliphatic carbocycles. The van der Waals surface area contributed by atoms with Crippen molar-refractivity contribution in [2.75, 3.05) is 13.7 Å². The zero-order valence-corrected chi connectivity index (χ0v) is 11.6. The molecule has 0 aliphatic heterocycles. The second-order valence-corrected chi connectivity index (χ2v) is 4.08. The van der Waals surface area contributed by atoms with Crippen molar-refractivity contribution in [2.45, 2.75) is 27.2 Å². The van der Waals surface area contributed by atoms with Crippen molar-refractivity contribution in [1.29, 1.82) is 0 Å². The lowest BCUT2D eigenvalue weighted by Crippen LogP contribution is -2.08. The summed E-state index contributed by atoms with van der Waals surface area (Å²) >= 11 is 0. The van der Waals surface area contributed by atoms with Gasteiger partial charge < -0.3 is 9.47 Å². The fraction of sp³-hybridized carbons (Fsp3) is 0.462.